The van der Waals surface area contributed by atoms with Crippen molar-refractivity contribution in [2.45, 2.75) is 20.3 Å². The highest BCUT2D eigenvalue weighted by molar-refractivity contribution is 5.96. The van der Waals surface area contributed by atoms with Gasteiger partial charge >= 0.3 is 5.97 Å². The van der Waals surface area contributed by atoms with Gasteiger partial charge in [-0.05, 0) is 48.7 Å². The van der Waals surface area contributed by atoms with E-state index in [1.807, 2.05) is 6.92 Å². The lowest BCUT2D eigenvalue weighted by molar-refractivity contribution is -0.115. The van der Waals surface area contributed by atoms with E-state index in [9.17, 15) is 14.7 Å². The summed E-state index contributed by atoms with van der Waals surface area (Å²) in [7, 11) is 0. The molecule has 3 N–H and O–H groups in total. The molecule has 0 aliphatic heterocycles. The molecule has 0 unspecified atom stereocenters. The van der Waals surface area contributed by atoms with Crippen molar-refractivity contribution in [3.63, 3.8) is 0 Å². The van der Waals surface area contributed by atoms with Crippen LogP contribution in [0.5, 0.6) is 5.75 Å². The maximum Gasteiger partial charge on any atom is 0.336 e. The van der Waals surface area contributed by atoms with Crippen molar-refractivity contribution in [3.8, 4) is 5.75 Å². The minimum Gasteiger partial charge on any atom is -0.508 e. The average molecular weight is 299 g/mol. The molecule has 5 heteroatoms. The molecule has 0 saturated carbocycles. The third-order valence-corrected chi connectivity index (χ3v) is 3.38. The van der Waals surface area contributed by atoms with Crippen LogP contribution in [0, 0.1) is 13.8 Å². The maximum absolute atomic E-state index is 12.1. The Hall–Kier alpha value is -2.82. The summed E-state index contributed by atoms with van der Waals surface area (Å²) < 4.78 is 0. The maximum atomic E-state index is 12.1. The van der Waals surface area contributed by atoms with Crippen molar-refractivity contribution < 1.29 is 19.8 Å². The summed E-state index contributed by atoms with van der Waals surface area (Å²) in [5, 5.41) is 21.1. The van der Waals surface area contributed by atoms with Gasteiger partial charge in [-0.25, -0.2) is 4.79 Å². The number of carbonyl (C=O) groups is 2. The fourth-order valence-corrected chi connectivity index (χ4v) is 2.21. The van der Waals surface area contributed by atoms with Crippen molar-refractivity contribution in [1.29, 1.82) is 0 Å². The third kappa shape index (κ3) is 3.63. The Labute approximate surface area is 128 Å². The standard InChI is InChI=1S/C17H17NO4/c1-10-7-11(2)15(9-14(10)17(21)22)18-16(20)8-12-3-5-13(19)6-4-12/h3-7,9,19H,8H2,1-2H3,(H,18,20)(H,21,22). The molecule has 0 spiro atoms. The number of phenols is 1. The van der Waals surface area contributed by atoms with Gasteiger partial charge in [-0.3, -0.25) is 4.79 Å². The minimum absolute atomic E-state index is 0.143. The van der Waals surface area contributed by atoms with E-state index in [0.29, 0.717) is 11.3 Å². The highest BCUT2D eigenvalue weighted by atomic mass is 16.4. The summed E-state index contributed by atoms with van der Waals surface area (Å²) in [4.78, 5) is 23.2. The average Bonchev–Trinajstić information content (AvgIpc) is 2.44. The topological polar surface area (TPSA) is 86.6 Å². The lowest BCUT2D eigenvalue weighted by Crippen LogP contribution is -2.16. The number of carboxylic acids is 1. The minimum atomic E-state index is -1.02. The Bertz CT molecular complexity index is 720. The first-order chi connectivity index (χ1) is 10.4. The van der Waals surface area contributed by atoms with Crippen molar-refractivity contribution >= 4 is 17.6 Å². The Kier molecular flexibility index (Phi) is 4.46. The fourth-order valence-electron chi connectivity index (χ4n) is 2.21. The summed E-state index contributed by atoms with van der Waals surface area (Å²) in [6.45, 7) is 3.54. The zero-order chi connectivity index (χ0) is 16.3. The number of amides is 1. The number of anilines is 1. The number of aromatic hydroxyl groups is 1. The van der Waals surface area contributed by atoms with Gasteiger partial charge in [0.2, 0.25) is 5.91 Å². The van der Waals surface area contributed by atoms with Crippen LogP contribution >= 0.6 is 0 Å². The van der Waals surface area contributed by atoms with E-state index in [1.165, 1.54) is 18.2 Å². The molecule has 0 fully saturated rings. The van der Waals surface area contributed by atoms with E-state index in [4.69, 9.17) is 5.11 Å². The molecule has 5 nitrogen and oxygen atoms in total. The van der Waals surface area contributed by atoms with Gasteiger partial charge in [0.25, 0.3) is 0 Å². The van der Waals surface area contributed by atoms with Crippen LogP contribution in [0.15, 0.2) is 36.4 Å². The molecule has 0 aromatic heterocycles. The summed E-state index contributed by atoms with van der Waals surface area (Å²) in [6, 6.07) is 9.57. The van der Waals surface area contributed by atoms with Gasteiger partial charge in [-0.1, -0.05) is 18.2 Å². The molecular formula is C17H17NO4. The summed E-state index contributed by atoms with van der Waals surface area (Å²) in [6.07, 6.45) is 0.149. The Morgan fingerprint density at radius 1 is 1.05 bits per heavy atom. The highest BCUT2D eigenvalue weighted by Gasteiger charge is 2.12. The number of hydrogen-bond acceptors (Lipinski definition) is 3. The van der Waals surface area contributed by atoms with Crippen LogP contribution in [-0.4, -0.2) is 22.1 Å². The second-order valence-electron chi connectivity index (χ2n) is 5.18. The predicted molar refractivity (Wildman–Crippen MR) is 83.3 cm³/mol. The molecule has 2 aromatic carbocycles. The molecule has 0 saturated heterocycles. The number of carbonyl (C=O) groups excluding carboxylic acids is 1. The third-order valence-electron chi connectivity index (χ3n) is 3.38. The van der Waals surface area contributed by atoms with Crippen LogP contribution in [0.4, 0.5) is 5.69 Å². The molecule has 0 heterocycles. The number of aryl methyl sites for hydroxylation is 2. The number of rotatable bonds is 4. The molecular weight excluding hydrogens is 282 g/mol. The van der Waals surface area contributed by atoms with Gasteiger partial charge in [-0.2, -0.15) is 0 Å². The first-order valence-electron chi connectivity index (χ1n) is 6.79. The number of phenolic OH excluding ortho intramolecular Hbond substituents is 1. The van der Waals surface area contributed by atoms with Gasteiger partial charge in [0.1, 0.15) is 5.75 Å². The predicted octanol–water partition coefficient (Wildman–Crippen LogP) is 2.89. The molecule has 22 heavy (non-hydrogen) atoms. The molecule has 2 rings (SSSR count). The van der Waals surface area contributed by atoms with Crippen molar-refractivity contribution in [3.05, 3.63) is 58.7 Å². The van der Waals surface area contributed by atoms with Gasteiger partial charge in [0.15, 0.2) is 0 Å². The zero-order valence-electron chi connectivity index (χ0n) is 12.4. The lowest BCUT2D eigenvalue weighted by atomic mass is 10.0. The number of aromatic carboxylic acids is 1. The van der Waals surface area contributed by atoms with E-state index >= 15 is 0 Å². The van der Waals surface area contributed by atoms with Crippen LogP contribution in [0.3, 0.4) is 0 Å². The van der Waals surface area contributed by atoms with Crippen molar-refractivity contribution in [2.24, 2.45) is 0 Å². The fraction of sp³-hybridized carbons (Fsp3) is 0.176. The first-order valence-corrected chi connectivity index (χ1v) is 6.79. The molecule has 0 radical (unpaired) electrons. The van der Waals surface area contributed by atoms with E-state index in [0.717, 1.165) is 11.1 Å². The largest absolute Gasteiger partial charge is 0.508 e. The van der Waals surface area contributed by atoms with Crippen LogP contribution in [0.25, 0.3) is 0 Å². The highest BCUT2D eigenvalue weighted by Crippen LogP contribution is 2.21. The van der Waals surface area contributed by atoms with Crippen LogP contribution in [-0.2, 0) is 11.2 Å². The second kappa shape index (κ2) is 6.30. The van der Waals surface area contributed by atoms with E-state index in [-0.39, 0.29) is 23.6 Å². The van der Waals surface area contributed by atoms with E-state index in [1.54, 1.807) is 25.1 Å². The van der Waals surface area contributed by atoms with Crippen LogP contribution < -0.4 is 5.32 Å². The van der Waals surface area contributed by atoms with Crippen LogP contribution in [0.1, 0.15) is 27.0 Å². The normalized spacial score (nSPS) is 10.3. The number of benzene rings is 2. The second-order valence-corrected chi connectivity index (χ2v) is 5.18. The van der Waals surface area contributed by atoms with Crippen molar-refractivity contribution in [2.75, 3.05) is 5.32 Å². The number of nitrogens with one attached hydrogen (secondary N) is 1. The molecule has 114 valence electrons. The monoisotopic (exact) mass is 299 g/mol. The molecule has 0 atom stereocenters. The molecule has 2 aromatic rings. The molecule has 0 bridgehead atoms. The Morgan fingerprint density at radius 3 is 2.27 bits per heavy atom. The number of hydrogen-bond donors (Lipinski definition) is 3. The van der Waals surface area contributed by atoms with E-state index in [2.05, 4.69) is 5.32 Å². The first kappa shape index (κ1) is 15.6. The molecule has 0 aliphatic rings. The van der Waals surface area contributed by atoms with E-state index < -0.39 is 5.97 Å². The SMILES string of the molecule is Cc1cc(C)c(C(=O)O)cc1NC(=O)Cc1ccc(O)cc1. The summed E-state index contributed by atoms with van der Waals surface area (Å²) in [5.74, 6) is -1.12. The smallest absolute Gasteiger partial charge is 0.336 e. The number of carboxylic acid groups (broad SMARTS) is 1. The van der Waals surface area contributed by atoms with Gasteiger partial charge < -0.3 is 15.5 Å². The van der Waals surface area contributed by atoms with Gasteiger partial charge in [0.05, 0.1) is 12.0 Å². The van der Waals surface area contributed by atoms with Crippen LogP contribution in [0.2, 0.25) is 0 Å². The molecule has 1 amide bonds. The Morgan fingerprint density at radius 2 is 1.68 bits per heavy atom. The van der Waals surface area contributed by atoms with Gasteiger partial charge in [-0.15, -0.1) is 0 Å². The Balaban J connectivity index is 2.16. The van der Waals surface area contributed by atoms with Gasteiger partial charge in [0, 0.05) is 5.69 Å². The quantitative estimate of drug-likeness (QED) is 0.810. The summed E-state index contributed by atoms with van der Waals surface area (Å²) in [5.41, 5.74) is 2.89. The zero-order valence-corrected chi connectivity index (χ0v) is 12.4. The lowest BCUT2D eigenvalue weighted by Gasteiger charge is -2.11. The molecule has 0 aliphatic carbocycles. The van der Waals surface area contributed by atoms with Crippen molar-refractivity contribution in [1.82, 2.24) is 0 Å². The summed E-state index contributed by atoms with van der Waals surface area (Å²) >= 11 is 0.